The highest BCUT2D eigenvalue weighted by molar-refractivity contribution is 5.70. The topological polar surface area (TPSA) is 68.2 Å². The molecule has 0 spiro atoms. The first kappa shape index (κ1) is 15.6. The van der Waals surface area contributed by atoms with Crippen molar-refractivity contribution < 1.29 is 24.4 Å². The minimum atomic E-state index is -0.341. The van der Waals surface area contributed by atoms with Crippen LogP contribution in [-0.2, 0) is 6.61 Å². The third kappa shape index (κ3) is 2.13. The van der Waals surface area contributed by atoms with Crippen LogP contribution in [0, 0.1) is 0 Å². The molecule has 0 fully saturated rings. The van der Waals surface area contributed by atoms with Gasteiger partial charge in [-0.1, -0.05) is 0 Å². The molecule has 0 aromatic heterocycles. The fraction of sp³-hybridized carbons (Fsp3) is 0.333. The molecule has 26 heavy (non-hydrogen) atoms. The van der Waals surface area contributed by atoms with Crippen LogP contribution in [0.5, 0.6) is 23.0 Å². The first-order valence-electron chi connectivity index (χ1n) is 8.78. The van der Waals surface area contributed by atoms with Crippen molar-refractivity contribution in [1.29, 1.82) is 0 Å². The predicted molar refractivity (Wildman–Crippen MR) is 95.8 cm³/mol. The Morgan fingerprint density at radius 2 is 2.04 bits per heavy atom. The number of benzene rings is 2. The van der Waals surface area contributed by atoms with Crippen molar-refractivity contribution in [3.05, 3.63) is 52.6 Å². The molecule has 134 valence electrons. The molecule has 0 radical (unpaired) electrons. The predicted octanol–water partition coefficient (Wildman–Crippen LogP) is 3.68. The molecule has 0 unspecified atom stereocenters. The standard InChI is InChI=1S/C21H20O5/c1-21(2)6-5-13-16(26-21)4-3-14-19(13)24-10-15-18-11(9-22)7-12(23)8-17(18)25-20(14)15/h3-8,15,20,22-23H,9-10H2,1-2H3/t15-,20+/m1/s1. The van der Waals surface area contributed by atoms with Gasteiger partial charge in [0.1, 0.15) is 34.7 Å². The number of fused-ring (bicyclic) bond motifs is 7. The molecule has 0 saturated carbocycles. The highest BCUT2D eigenvalue weighted by Crippen LogP contribution is 2.55. The maximum absolute atomic E-state index is 9.90. The minimum Gasteiger partial charge on any atom is -0.508 e. The third-order valence-electron chi connectivity index (χ3n) is 5.30. The number of rotatable bonds is 1. The summed E-state index contributed by atoms with van der Waals surface area (Å²) in [6.45, 7) is 4.34. The molecular weight excluding hydrogens is 332 g/mol. The van der Waals surface area contributed by atoms with Crippen LogP contribution in [0.25, 0.3) is 6.08 Å². The summed E-state index contributed by atoms with van der Waals surface area (Å²) in [5.74, 6) is 2.29. The Balaban J connectivity index is 1.61. The number of hydrogen-bond donors (Lipinski definition) is 2. The number of phenols is 1. The lowest BCUT2D eigenvalue weighted by atomic mass is 9.85. The number of aliphatic hydroxyl groups is 1. The third-order valence-corrected chi connectivity index (χ3v) is 5.30. The lowest BCUT2D eigenvalue weighted by molar-refractivity contribution is 0.134. The highest BCUT2D eigenvalue weighted by Gasteiger charge is 2.43. The minimum absolute atomic E-state index is 0.0109. The molecule has 5 rings (SSSR count). The smallest absolute Gasteiger partial charge is 0.138 e. The van der Waals surface area contributed by atoms with Crippen molar-refractivity contribution in [1.82, 2.24) is 0 Å². The van der Waals surface area contributed by atoms with Crippen LogP contribution in [0.4, 0.5) is 0 Å². The zero-order valence-corrected chi connectivity index (χ0v) is 14.7. The summed E-state index contributed by atoms with van der Waals surface area (Å²) in [6, 6.07) is 7.15. The fourth-order valence-corrected chi connectivity index (χ4v) is 4.14. The number of aliphatic hydroxyl groups excluding tert-OH is 1. The first-order valence-corrected chi connectivity index (χ1v) is 8.78. The second-order valence-corrected chi connectivity index (χ2v) is 7.57. The summed E-state index contributed by atoms with van der Waals surface area (Å²) in [5.41, 5.74) is 3.17. The summed E-state index contributed by atoms with van der Waals surface area (Å²) in [6.07, 6.45) is 3.87. The Morgan fingerprint density at radius 3 is 2.85 bits per heavy atom. The van der Waals surface area contributed by atoms with Crippen molar-refractivity contribution in [2.75, 3.05) is 6.61 Å². The average Bonchev–Trinajstić information content (AvgIpc) is 2.97. The lowest BCUT2D eigenvalue weighted by Crippen LogP contribution is -2.29. The van der Waals surface area contributed by atoms with Gasteiger partial charge >= 0.3 is 0 Å². The van der Waals surface area contributed by atoms with Crippen molar-refractivity contribution in [2.45, 2.75) is 38.1 Å². The molecule has 5 nitrogen and oxygen atoms in total. The van der Waals surface area contributed by atoms with Crippen molar-refractivity contribution >= 4 is 6.08 Å². The Kier molecular flexibility index (Phi) is 3.10. The summed E-state index contributed by atoms with van der Waals surface area (Å²) < 4.78 is 18.3. The molecule has 0 saturated heterocycles. The summed E-state index contributed by atoms with van der Waals surface area (Å²) >= 11 is 0. The molecule has 0 bridgehead atoms. The van der Waals surface area contributed by atoms with Gasteiger partial charge in [0.15, 0.2) is 0 Å². The maximum Gasteiger partial charge on any atom is 0.138 e. The molecule has 0 aliphatic carbocycles. The van der Waals surface area contributed by atoms with E-state index < -0.39 is 0 Å². The second-order valence-electron chi connectivity index (χ2n) is 7.57. The van der Waals surface area contributed by atoms with Gasteiger partial charge in [-0.3, -0.25) is 0 Å². The van der Waals surface area contributed by atoms with Crippen LogP contribution in [-0.4, -0.2) is 22.4 Å². The van der Waals surface area contributed by atoms with Crippen LogP contribution in [0.2, 0.25) is 0 Å². The molecule has 0 amide bonds. The van der Waals surface area contributed by atoms with Gasteiger partial charge < -0.3 is 24.4 Å². The van der Waals surface area contributed by atoms with Crippen molar-refractivity contribution in [3.63, 3.8) is 0 Å². The molecule has 2 atom stereocenters. The van der Waals surface area contributed by atoms with Crippen molar-refractivity contribution in [2.24, 2.45) is 0 Å². The molecule has 2 N–H and O–H groups in total. The molecule has 5 heteroatoms. The zero-order chi connectivity index (χ0) is 18.1. The van der Waals surface area contributed by atoms with E-state index in [1.807, 2.05) is 38.1 Å². The van der Waals surface area contributed by atoms with E-state index in [2.05, 4.69) is 0 Å². The van der Waals surface area contributed by atoms with Gasteiger partial charge in [0, 0.05) is 17.2 Å². The van der Waals surface area contributed by atoms with Gasteiger partial charge in [0.05, 0.1) is 24.7 Å². The Hall–Kier alpha value is -2.66. The van der Waals surface area contributed by atoms with E-state index >= 15 is 0 Å². The summed E-state index contributed by atoms with van der Waals surface area (Å²) in [4.78, 5) is 0. The Labute approximate surface area is 151 Å². The van der Waals surface area contributed by atoms with E-state index in [0.717, 1.165) is 28.2 Å². The number of aromatic hydroxyl groups is 1. The molecule has 3 aliphatic rings. The van der Waals surface area contributed by atoms with E-state index in [0.29, 0.717) is 17.9 Å². The van der Waals surface area contributed by atoms with Crippen LogP contribution in [0.1, 0.15) is 48.1 Å². The maximum atomic E-state index is 9.90. The first-order chi connectivity index (χ1) is 12.5. The van der Waals surface area contributed by atoms with Gasteiger partial charge in [0.25, 0.3) is 0 Å². The van der Waals surface area contributed by atoms with E-state index in [-0.39, 0.29) is 30.0 Å². The molecular formula is C21H20O5. The van der Waals surface area contributed by atoms with Gasteiger partial charge in [-0.25, -0.2) is 0 Å². The van der Waals surface area contributed by atoms with Crippen LogP contribution in [0.3, 0.4) is 0 Å². The fourth-order valence-electron chi connectivity index (χ4n) is 4.14. The summed E-state index contributed by atoms with van der Waals surface area (Å²) in [7, 11) is 0. The van der Waals surface area contributed by atoms with Crippen LogP contribution in [0.15, 0.2) is 30.3 Å². The summed E-state index contributed by atoms with van der Waals surface area (Å²) in [5, 5.41) is 19.6. The quantitative estimate of drug-likeness (QED) is 0.819. The zero-order valence-electron chi connectivity index (χ0n) is 14.7. The van der Waals surface area contributed by atoms with E-state index in [4.69, 9.17) is 14.2 Å². The number of ether oxygens (including phenoxy) is 3. The monoisotopic (exact) mass is 352 g/mol. The van der Waals surface area contributed by atoms with Crippen LogP contribution < -0.4 is 14.2 Å². The van der Waals surface area contributed by atoms with E-state index in [1.54, 1.807) is 12.1 Å². The molecule has 3 aliphatic heterocycles. The van der Waals surface area contributed by atoms with Crippen molar-refractivity contribution in [3.8, 4) is 23.0 Å². The van der Waals surface area contributed by atoms with Gasteiger partial charge in [-0.05, 0) is 49.8 Å². The van der Waals surface area contributed by atoms with Gasteiger partial charge in [-0.2, -0.15) is 0 Å². The van der Waals surface area contributed by atoms with E-state index in [1.165, 1.54) is 0 Å². The van der Waals surface area contributed by atoms with E-state index in [9.17, 15) is 10.2 Å². The SMILES string of the molecule is CC1(C)C=Cc2c(ccc3c2OC[C@@H]2c4c(CO)cc(O)cc4O[C@@H]32)O1. The average molecular weight is 352 g/mol. The second kappa shape index (κ2) is 5.17. The molecule has 2 aromatic carbocycles. The molecule has 3 heterocycles. The lowest BCUT2D eigenvalue weighted by Gasteiger charge is -2.33. The largest absolute Gasteiger partial charge is 0.508 e. The van der Waals surface area contributed by atoms with Gasteiger partial charge in [0.2, 0.25) is 0 Å². The normalized spacial score (nSPS) is 23.7. The van der Waals surface area contributed by atoms with Gasteiger partial charge in [-0.15, -0.1) is 0 Å². The van der Waals surface area contributed by atoms with Crippen LogP contribution >= 0.6 is 0 Å². The molecule has 2 aromatic rings. The number of hydrogen-bond acceptors (Lipinski definition) is 5. The Bertz CT molecular complexity index is 944. The number of phenolic OH excluding ortho intramolecular Hbond substituents is 1. The highest BCUT2D eigenvalue weighted by atomic mass is 16.5. The Morgan fingerprint density at radius 1 is 1.19 bits per heavy atom.